The van der Waals surface area contributed by atoms with Gasteiger partial charge in [-0.15, -0.1) is 11.6 Å². The Morgan fingerprint density at radius 3 is 2.60 bits per heavy atom. The summed E-state index contributed by atoms with van der Waals surface area (Å²) in [5, 5.41) is 0.749. The molecule has 1 aromatic rings. The number of nitrogens with zero attached hydrogens (tertiary/aromatic N) is 3. The summed E-state index contributed by atoms with van der Waals surface area (Å²) < 4.78 is 0. The largest absolute Gasteiger partial charge is 0.339 e. The molecule has 2 heterocycles. The highest BCUT2D eigenvalue weighted by Gasteiger charge is 2.24. The van der Waals surface area contributed by atoms with Crippen LogP contribution in [0, 0.1) is 5.92 Å². The Morgan fingerprint density at radius 2 is 2.00 bits per heavy atom. The van der Waals surface area contributed by atoms with Crippen LogP contribution in [0.5, 0.6) is 0 Å². The van der Waals surface area contributed by atoms with E-state index in [1.165, 1.54) is 0 Å². The van der Waals surface area contributed by atoms with Crippen LogP contribution in [0.3, 0.4) is 0 Å². The molecule has 0 bridgehead atoms. The summed E-state index contributed by atoms with van der Waals surface area (Å²) in [6.07, 6.45) is 4.30. The molecule has 5 heteroatoms. The van der Waals surface area contributed by atoms with Gasteiger partial charge in [0, 0.05) is 13.1 Å². The Labute approximate surface area is 99.4 Å². The van der Waals surface area contributed by atoms with Crippen molar-refractivity contribution >= 4 is 29.2 Å². The molecule has 82 valence electrons. The molecule has 0 amide bonds. The Morgan fingerprint density at radius 1 is 1.33 bits per heavy atom. The van der Waals surface area contributed by atoms with Crippen LogP contribution in [0.15, 0.2) is 12.4 Å². The summed E-state index contributed by atoms with van der Waals surface area (Å²) in [7, 11) is 0. The number of halogens is 2. The van der Waals surface area contributed by atoms with Crippen LogP contribution in [0.4, 0.5) is 5.95 Å². The zero-order valence-electron chi connectivity index (χ0n) is 8.53. The normalized spacial score (nSPS) is 26.7. The number of piperidine rings is 1. The second kappa shape index (κ2) is 4.54. The van der Waals surface area contributed by atoms with E-state index in [2.05, 4.69) is 21.8 Å². The van der Waals surface area contributed by atoms with Crippen molar-refractivity contribution in [3.05, 3.63) is 17.4 Å². The molecular formula is C10H13Cl2N3. The Balaban J connectivity index is 2.12. The second-order valence-electron chi connectivity index (χ2n) is 4.04. The Hall–Kier alpha value is -0.540. The lowest BCUT2D eigenvalue weighted by Gasteiger charge is -2.33. The van der Waals surface area contributed by atoms with Gasteiger partial charge in [-0.25, -0.2) is 9.97 Å². The van der Waals surface area contributed by atoms with Crippen molar-refractivity contribution in [2.24, 2.45) is 5.92 Å². The number of hydrogen-bond donors (Lipinski definition) is 0. The summed E-state index contributed by atoms with van der Waals surface area (Å²) in [5.41, 5.74) is 0. The highest BCUT2D eigenvalue weighted by atomic mass is 35.5. The molecule has 0 radical (unpaired) electrons. The van der Waals surface area contributed by atoms with E-state index in [9.17, 15) is 0 Å². The molecule has 1 saturated heterocycles. The van der Waals surface area contributed by atoms with Crippen LogP contribution in [0.1, 0.15) is 13.3 Å². The van der Waals surface area contributed by atoms with Gasteiger partial charge in [-0.05, 0) is 12.3 Å². The molecule has 0 saturated carbocycles. The SMILES string of the molecule is CC1CC(Cl)CN(c2ncc(Cl)cn2)C1. The molecule has 2 atom stereocenters. The van der Waals surface area contributed by atoms with Gasteiger partial charge in [0.1, 0.15) is 0 Å². The maximum atomic E-state index is 6.16. The third kappa shape index (κ3) is 2.73. The van der Waals surface area contributed by atoms with Crippen molar-refractivity contribution in [2.75, 3.05) is 18.0 Å². The van der Waals surface area contributed by atoms with Gasteiger partial charge in [0.25, 0.3) is 0 Å². The first kappa shape index (κ1) is 11.0. The van der Waals surface area contributed by atoms with Crippen molar-refractivity contribution in [1.29, 1.82) is 0 Å². The molecule has 1 fully saturated rings. The third-order valence-corrected chi connectivity index (χ3v) is 3.01. The fourth-order valence-corrected chi connectivity index (χ4v) is 2.48. The number of hydrogen-bond acceptors (Lipinski definition) is 3. The van der Waals surface area contributed by atoms with E-state index in [1.54, 1.807) is 12.4 Å². The van der Waals surface area contributed by atoms with E-state index in [1.807, 2.05) is 0 Å². The molecule has 15 heavy (non-hydrogen) atoms. The minimum atomic E-state index is 0.188. The van der Waals surface area contributed by atoms with Gasteiger partial charge in [0.2, 0.25) is 5.95 Å². The van der Waals surface area contributed by atoms with Crippen LogP contribution in [-0.4, -0.2) is 28.4 Å². The summed E-state index contributed by atoms with van der Waals surface area (Å²) >= 11 is 11.9. The molecule has 0 N–H and O–H groups in total. The molecule has 1 aliphatic rings. The molecule has 0 spiro atoms. The summed E-state index contributed by atoms with van der Waals surface area (Å²) in [4.78, 5) is 10.5. The molecule has 1 aliphatic heterocycles. The number of aromatic nitrogens is 2. The quantitative estimate of drug-likeness (QED) is 0.713. The van der Waals surface area contributed by atoms with Crippen LogP contribution in [0.2, 0.25) is 5.02 Å². The van der Waals surface area contributed by atoms with Gasteiger partial charge in [-0.1, -0.05) is 18.5 Å². The maximum Gasteiger partial charge on any atom is 0.225 e. The van der Waals surface area contributed by atoms with Gasteiger partial charge < -0.3 is 4.90 Å². The van der Waals surface area contributed by atoms with E-state index in [4.69, 9.17) is 23.2 Å². The lowest BCUT2D eigenvalue weighted by molar-refractivity contribution is 0.447. The fourth-order valence-electron chi connectivity index (χ4n) is 1.91. The Bertz CT molecular complexity index is 318. The molecule has 2 rings (SSSR count). The van der Waals surface area contributed by atoms with E-state index >= 15 is 0 Å². The average Bonchev–Trinajstić information content (AvgIpc) is 2.17. The predicted octanol–water partition coefficient (Wildman–Crippen LogP) is 2.58. The van der Waals surface area contributed by atoms with E-state index in [-0.39, 0.29) is 5.38 Å². The topological polar surface area (TPSA) is 29.0 Å². The summed E-state index contributed by atoms with van der Waals surface area (Å²) in [6, 6.07) is 0. The standard InChI is InChI=1S/C10H13Cl2N3/c1-7-2-8(11)6-15(5-7)10-13-3-9(12)4-14-10/h3-4,7-8H,2,5-6H2,1H3. The number of rotatable bonds is 1. The van der Waals surface area contributed by atoms with Crippen LogP contribution >= 0.6 is 23.2 Å². The Kier molecular flexibility index (Phi) is 3.32. The fraction of sp³-hybridized carbons (Fsp3) is 0.600. The average molecular weight is 246 g/mol. The molecule has 1 aromatic heterocycles. The molecule has 3 nitrogen and oxygen atoms in total. The predicted molar refractivity (Wildman–Crippen MR) is 62.7 cm³/mol. The van der Waals surface area contributed by atoms with Crippen molar-refractivity contribution in [3.8, 4) is 0 Å². The first-order chi connectivity index (χ1) is 7.15. The summed E-state index contributed by atoms with van der Waals surface area (Å²) in [6.45, 7) is 3.97. The zero-order valence-corrected chi connectivity index (χ0v) is 10.0. The highest BCUT2D eigenvalue weighted by molar-refractivity contribution is 6.30. The van der Waals surface area contributed by atoms with Gasteiger partial charge in [0.05, 0.1) is 22.8 Å². The van der Waals surface area contributed by atoms with Crippen molar-refractivity contribution in [3.63, 3.8) is 0 Å². The first-order valence-electron chi connectivity index (χ1n) is 5.01. The van der Waals surface area contributed by atoms with Crippen molar-refractivity contribution < 1.29 is 0 Å². The minimum absolute atomic E-state index is 0.188. The minimum Gasteiger partial charge on any atom is -0.339 e. The number of alkyl halides is 1. The van der Waals surface area contributed by atoms with Crippen molar-refractivity contribution in [2.45, 2.75) is 18.7 Å². The van der Waals surface area contributed by atoms with Crippen molar-refractivity contribution in [1.82, 2.24) is 9.97 Å². The lowest BCUT2D eigenvalue weighted by Crippen LogP contribution is -2.41. The van der Waals surface area contributed by atoms with Crippen LogP contribution < -0.4 is 4.90 Å². The molecular weight excluding hydrogens is 233 g/mol. The summed E-state index contributed by atoms with van der Waals surface area (Å²) in [5.74, 6) is 1.30. The molecule has 0 aliphatic carbocycles. The smallest absolute Gasteiger partial charge is 0.225 e. The van der Waals surface area contributed by atoms with E-state index in [0.717, 1.165) is 25.5 Å². The van der Waals surface area contributed by atoms with Gasteiger partial charge >= 0.3 is 0 Å². The maximum absolute atomic E-state index is 6.16. The van der Waals surface area contributed by atoms with E-state index < -0.39 is 0 Å². The third-order valence-electron chi connectivity index (χ3n) is 2.50. The number of anilines is 1. The van der Waals surface area contributed by atoms with Crippen LogP contribution in [0.25, 0.3) is 0 Å². The lowest BCUT2D eigenvalue weighted by atomic mass is 10.0. The van der Waals surface area contributed by atoms with Gasteiger partial charge in [-0.3, -0.25) is 0 Å². The zero-order chi connectivity index (χ0) is 10.8. The second-order valence-corrected chi connectivity index (χ2v) is 5.10. The van der Waals surface area contributed by atoms with Crippen LogP contribution in [-0.2, 0) is 0 Å². The monoisotopic (exact) mass is 245 g/mol. The highest BCUT2D eigenvalue weighted by Crippen LogP contribution is 2.23. The van der Waals surface area contributed by atoms with Gasteiger partial charge in [-0.2, -0.15) is 0 Å². The van der Waals surface area contributed by atoms with Gasteiger partial charge in [0.15, 0.2) is 0 Å². The first-order valence-corrected chi connectivity index (χ1v) is 5.83. The molecule has 0 aromatic carbocycles. The van der Waals surface area contributed by atoms with E-state index in [0.29, 0.717) is 10.9 Å². The molecule has 2 unspecified atom stereocenters.